The number of fused-ring (bicyclic) bond motifs is 1. The van der Waals surface area contributed by atoms with Gasteiger partial charge in [0.05, 0.1) is 43.1 Å². The largest absolute Gasteiger partial charge is 0.380 e. The van der Waals surface area contributed by atoms with Gasteiger partial charge in [-0.25, -0.2) is 9.36 Å². The van der Waals surface area contributed by atoms with Crippen LogP contribution < -0.4 is 11.2 Å². The van der Waals surface area contributed by atoms with Crippen LogP contribution in [0.1, 0.15) is 35.6 Å². The molecule has 1 spiro atoms. The van der Waals surface area contributed by atoms with E-state index < -0.39 is 11.2 Å². The summed E-state index contributed by atoms with van der Waals surface area (Å²) in [6.07, 6.45) is 8.81. The van der Waals surface area contributed by atoms with Gasteiger partial charge in [-0.05, 0) is 36.5 Å². The van der Waals surface area contributed by atoms with Gasteiger partial charge in [0.15, 0.2) is 0 Å². The molecule has 9 heteroatoms. The van der Waals surface area contributed by atoms with E-state index in [9.17, 15) is 9.59 Å². The number of hydrogen-bond donors (Lipinski definition) is 0. The van der Waals surface area contributed by atoms with E-state index in [4.69, 9.17) is 21.6 Å². The fourth-order valence-electron chi connectivity index (χ4n) is 4.95. The maximum atomic E-state index is 13.6. The minimum atomic E-state index is -0.502. The Morgan fingerprint density at radius 2 is 2.11 bits per heavy atom. The molecule has 0 aromatic carbocycles. The average molecular weight is 507 g/mol. The highest BCUT2D eigenvalue weighted by molar-refractivity contribution is 7.20. The van der Waals surface area contributed by atoms with E-state index in [0.29, 0.717) is 37.3 Å². The molecule has 1 aliphatic heterocycles. The predicted molar refractivity (Wildman–Crippen MR) is 138 cm³/mol. The summed E-state index contributed by atoms with van der Waals surface area (Å²) in [6, 6.07) is 5.71. The molecule has 0 N–H and O–H groups in total. The second-order valence-corrected chi connectivity index (χ2v) is 10.6. The van der Waals surface area contributed by atoms with Crippen molar-refractivity contribution in [2.24, 2.45) is 5.41 Å². The molecule has 1 saturated carbocycles. The zero-order chi connectivity index (χ0) is 24.7. The molecule has 0 radical (unpaired) electrons. The van der Waals surface area contributed by atoms with Crippen LogP contribution in [0.25, 0.3) is 21.5 Å². The lowest BCUT2D eigenvalue weighted by Crippen LogP contribution is -2.51. The maximum absolute atomic E-state index is 13.6. The quantitative estimate of drug-likeness (QED) is 0.432. The van der Waals surface area contributed by atoms with Crippen LogP contribution in [0.5, 0.6) is 0 Å². The fraction of sp³-hybridized carbons (Fsp3) is 0.308. The van der Waals surface area contributed by atoms with Gasteiger partial charge in [0.2, 0.25) is 0 Å². The standard InChI is InChI=1S/C26H23ClN4O3S/c1-3-5-20(16(2)27)22-9-21-23(35-22)24(32)31(25(33)30(21)7-4-6-28)19-8-17(12-29-13-19)18-10-26(11-18)14-34-15-26/h3,5,8-9,12-13,18H,1-2,4,7,10-11,14-15H2/b20-5+. The van der Waals surface area contributed by atoms with Crippen molar-refractivity contribution in [3.05, 3.63) is 86.1 Å². The van der Waals surface area contributed by atoms with Crippen molar-refractivity contribution in [1.82, 2.24) is 14.1 Å². The van der Waals surface area contributed by atoms with Crippen LogP contribution in [0.3, 0.4) is 0 Å². The highest BCUT2D eigenvalue weighted by atomic mass is 35.5. The van der Waals surface area contributed by atoms with Crippen molar-refractivity contribution in [1.29, 1.82) is 5.26 Å². The fourth-order valence-corrected chi connectivity index (χ4v) is 6.31. The van der Waals surface area contributed by atoms with Gasteiger partial charge in [0, 0.05) is 33.6 Å². The van der Waals surface area contributed by atoms with E-state index in [0.717, 1.165) is 36.2 Å². The summed E-state index contributed by atoms with van der Waals surface area (Å²) in [7, 11) is 0. The van der Waals surface area contributed by atoms with Gasteiger partial charge in [0.1, 0.15) is 4.70 Å². The Morgan fingerprint density at radius 1 is 1.34 bits per heavy atom. The number of aryl methyl sites for hydroxylation is 1. The zero-order valence-corrected chi connectivity index (χ0v) is 20.6. The molecule has 3 aromatic heterocycles. The van der Waals surface area contributed by atoms with Gasteiger partial charge < -0.3 is 4.74 Å². The second-order valence-electron chi connectivity index (χ2n) is 9.10. The van der Waals surface area contributed by atoms with Crippen molar-refractivity contribution in [3.63, 3.8) is 0 Å². The van der Waals surface area contributed by atoms with Crippen molar-refractivity contribution >= 4 is 38.7 Å². The number of nitriles is 1. The van der Waals surface area contributed by atoms with Gasteiger partial charge in [-0.1, -0.05) is 36.9 Å². The van der Waals surface area contributed by atoms with Crippen molar-refractivity contribution in [2.45, 2.75) is 31.7 Å². The van der Waals surface area contributed by atoms with Gasteiger partial charge in [-0.2, -0.15) is 5.26 Å². The van der Waals surface area contributed by atoms with E-state index in [1.807, 2.05) is 6.07 Å². The number of halogens is 1. The summed E-state index contributed by atoms with van der Waals surface area (Å²) in [5, 5.41) is 9.47. The third kappa shape index (κ3) is 4.00. The molecule has 5 rings (SSSR count). The first-order valence-corrected chi connectivity index (χ1v) is 12.4. The molecular formula is C26H23ClN4O3S. The molecule has 2 aliphatic rings. The van der Waals surface area contributed by atoms with E-state index in [1.54, 1.807) is 24.4 Å². The lowest BCUT2D eigenvalue weighted by molar-refractivity contribution is -0.164. The van der Waals surface area contributed by atoms with Crippen LogP contribution in [0.2, 0.25) is 0 Å². The molecule has 7 nitrogen and oxygen atoms in total. The van der Waals surface area contributed by atoms with Crippen LogP contribution >= 0.6 is 22.9 Å². The molecule has 1 aliphatic carbocycles. The number of pyridine rings is 1. The molecule has 178 valence electrons. The van der Waals surface area contributed by atoms with E-state index in [1.165, 1.54) is 22.1 Å². The zero-order valence-electron chi connectivity index (χ0n) is 19.0. The number of ether oxygens (including phenoxy) is 1. The topological polar surface area (TPSA) is 89.9 Å². The Balaban J connectivity index is 1.65. The third-order valence-corrected chi connectivity index (χ3v) is 8.11. The summed E-state index contributed by atoms with van der Waals surface area (Å²) in [6.45, 7) is 9.27. The number of allylic oxidation sites excluding steroid dienone is 4. The maximum Gasteiger partial charge on any atom is 0.336 e. The molecule has 0 atom stereocenters. The molecule has 3 aromatic rings. The normalized spacial score (nSPS) is 17.1. The number of thiophene rings is 1. The van der Waals surface area contributed by atoms with Gasteiger partial charge in [0.25, 0.3) is 5.56 Å². The first-order chi connectivity index (χ1) is 16.9. The van der Waals surface area contributed by atoms with E-state index in [-0.39, 0.29) is 18.4 Å². The molecule has 0 amide bonds. The van der Waals surface area contributed by atoms with Crippen molar-refractivity contribution < 1.29 is 4.74 Å². The average Bonchev–Trinajstić information content (AvgIpc) is 3.21. The molecular weight excluding hydrogens is 484 g/mol. The minimum Gasteiger partial charge on any atom is -0.380 e. The van der Waals surface area contributed by atoms with Crippen molar-refractivity contribution in [3.8, 4) is 11.8 Å². The molecule has 35 heavy (non-hydrogen) atoms. The van der Waals surface area contributed by atoms with E-state index >= 15 is 0 Å². The number of aromatic nitrogens is 3. The van der Waals surface area contributed by atoms with Crippen LogP contribution in [0, 0.1) is 16.7 Å². The third-order valence-electron chi connectivity index (χ3n) is 6.76. The highest BCUT2D eigenvalue weighted by Crippen LogP contribution is 2.55. The number of rotatable bonds is 7. The number of hydrogen-bond acceptors (Lipinski definition) is 6. The summed E-state index contributed by atoms with van der Waals surface area (Å²) in [5.74, 6) is 0.335. The minimum absolute atomic E-state index is 0.125. The predicted octanol–water partition coefficient (Wildman–Crippen LogP) is 4.74. The van der Waals surface area contributed by atoms with Gasteiger partial charge >= 0.3 is 5.69 Å². The lowest BCUT2D eigenvalue weighted by atomic mass is 9.59. The molecule has 1 saturated heterocycles. The van der Waals surface area contributed by atoms with E-state index in [2.05, 4.69) is 24.2 Å². The second kappa shape index (κ2) is 9.08. The molecule has 0 unspecified atom stereocenters. The summed E-state index contributed by atoms with van der Waals surface area (Å²) in [4.78, 5) is 32.2. The van der Waals surface area contributed by atoms with Gasteiger partial charge in [-0.3, -0.25) is 14.3 Å². The monoisotopic (exact) mass is 506 g/mol. The van der Waals surface area contributed by atoms with Crippen LogP contribution in [-0.2, 0) is 11.3 Å². The Hall–Kier alpha value is -3.25. The summed E-state index contributed by atoms with van der Waals surface area (Å²) < 4.78 is 8.40. The smallest absolute Gasteiger partial charge is 0.336 e. The number of nitrogens with zero attached hydrogens (tertiary/aromatic N) is 4. The molecule has 4 heterocycles. The Bertz CT molecular complexity index is 1540. The van der Waals surface area contributed by atoms with Crippen LogP contribution in [-0.4, -0.2) is 27.3 Å². The Kier molecular flexibility index (Phi) is 6.09. The molecule has 2 fully saturated rings. The highest BCUT2D eigenvalue weighted by Gasteiger charge is 2.50. The first-order valence-electron chi connectivity index (χ1n) is 11.2. The first kappa shape index (κ1) is 23.5. The van der Waals surface area contributed by atoms with Crippen LogP contribution in [0.4, 0.5) is 0 Å². The summed E-state index contributed by atoms with van der Waals surface area (Å²) >= 11 is 7.42. The van der Waals surface area contributed by atoms with Crippen LogP contribution in [0.15, 0.2) is 64.5 Å². The summed E-state index contributed by atoms with van der Waals surface area (Å²) in [5.41, 5.74) is 1.88. The Morgan fingerprint density at radius 3 is 2.74 bits per heavy atom. The lowest BCUT2D eigenvalue weighted by Gasteiger charge is -2.53. The Labute approximate surface area is 210 Å². The van der Waals surface area contributed by atoms with Crippen molar-refractivity contribution in [2.75, 3.05) is 13.2 Å². The van der Waals surface area contributed by atoms with Gasteiger partial charge in [-0.15, -0.1) is 11.3 Å². The molecule has 0 bridgehead atoms. The SMILES string of the molecule is C=C/C=C(\C(=C)Cl)c1cc2c(s1)c(=O)n(-c1cncc(C3CC4(COC4)C3)c1)c(=O)n2CCC#N.